The molecule has 0 saturated carbocycles. The number of halogens is 2. The maximum atomic E-state index is 6.01. The van der Waals surface area contributed by atoms with Gasteiger partial charge in [0.2, 0.25) is 0 Å². The molecule has 1 rings (SSSR count). The van der Waals surface area contributed by atoms with Crippen molar-refractivity contribution in [2.45, 2.75) is 39.8 Å². The lowest BCUT2D eigenvalue weighted by molar-refractivity contribution is 0.375. The molecule has 0 spiro atoms. The Bertz CT molecular complexity index is 484. The number of hydrogen-bond donors (Lipinski definition) is 2. The lowest BCUT2D eigenvalue weighted by Gasteiger charge is -2.24. The molecule has 3 N–H and O–H groups in total. The van der Waals surface area contributed by atoms with Crippen molar-refractivity contribution in [2.75, 3.05) is 7.11 Å². The Kier molecular flexibility index (Phi) is 10.1. The van der Waals surface area contributed by atoms with Gasteiger partial charge in [0.25, 0.3) is 0 Å². The zero-order chi connectivity index (χ0) is 16.6. The molecule has 0 aromatic heterocycles. The Morgan fingerprint density at radius 3 is 2.14 bits per heavy atom. The normalized spacial score (nSPS) is 13.6. The molecule has 1 aromatic rings. The molecule has 0 amide bonds. The largest absolute Gasteiger partial charge is 0.431 e. The second-order valence-electron chi connectivity index (χ2n) is 4.87. The third-order valence-corrected chi connectivity index (χ3v) is 5.04. The topological polar surface area (TPSA) is 56.5 Å². The van der Waals surface area contributed by atoms with Gasteiger partial charge in [0, 0.05) is 18.2 Å². The van der Waals surface area contributed by atoms with Crippen molar-refractivity contribution in [3.63, 3.8) is 0 Å². The maximum absolute atomic E-state index is 6.01. The SMILES string of the molecule is CC(C)N.COP(=S)(NC(C)C)Oc1ccc(Cl)cc1Cl. The van der Waals surface area contributed by atoms with Gasteiger partial charge in [-0.2, -0.15) is 0 Å². The van der Waals surface area contributed by atoms with Crippen LogP contribution in [0.1, 0.15) is 27.7 Å². The van der Waals surface area contributed by atoms with E-state index in [9.17, 15) is 0 Å². The van der Waals surface area contributed by atoms with E-state index in [1.807, 2.05) is 27.7 Å². The zero-order valence-corrected chi connectivity index (χ0v) is 16.1. The van der Waals surface area contributed by atoms with Crippen LogP contribution < -0.4 is 15.3 Å². The van der Waals surface area contributed by atoms with Crippen molar-refractivity contribution in [3.05, 3.63) is 28.2 Å². The molecule has 122 valence electrons. The monoisotopic (exact) mass is 372 g/mol. The summed E-state index contributed by atoms with van der Waals surface area (Å²) >= 11 is 17.1. The summed E-state index contributed by atoms with van der Waals surface area (Å²) in [4.78, 5) is 0. The average Bonchev–Trinajstić information content (AvgIpc) is 2.31. The maximum Gasteiger partial charge on any atom is 0.312 e. The van der Waals surface area contributed by atoms with Crippen molar-refractivity contribution in [2.24, 2.45) is 5.73 Å². The lowest BCUT2D eigenvalue weighted by Crippen LogP contribution is -2.22. The fraction of sp³-hybridized carbons (Fsp3) is 0.538. The van der Waals surface area contributed by atoms with Gasteiger partial charge in [-0.05, 0) is 49.9 Å². The molecule has 0 bridgehead atoms. The molecule has 8 heteroatoms. The molecule has 0 fully saturated rings. The van der Waals surface area contributed by atoms with Gasteiger partial charge in [-0.25, -0.2) is 5.09 Å². The fourth-order valence-electron chi connectivity index (χ4n) is 1.11. The summed E-state index contributed by atoms with van der Waals surface area (Å²) in [6.07, 6.45) is 0. The van der Waals surface area contributed by atoms with Crippen molar-refractivity contribution in [1.29, 1.82) is 0 Å². The molecule has 4 nitrogen and oxygen atoms in total. The minimum Gasteiger partial charge on any atom is -0.431 e. The molecule has 0 aliphatic rings. The number of rotatable bonds is 5. The van der Waals surface area contributed by atoms with Crippen LogP contribution in [-0.2, 0) is 16.3 Å². The third-order valence-electron chi connectivity index (χ3n) is 1.77. The first kappa shape index (κ1) is 21.1. The van der Waals surface area contributed by atoms with Crippen molar-refractivity contribution < 1.29 is 9.05 Å². The van der Waals surface area contributed by atoms with Crippen LogP contribution >= 0.6 is 29.8 Å². The summed E-state index contributed by atoms with van der Waals surface area (Å²) in [5.41, 5.74) is 5.11. The number of nitrogens with one attached hydrogen (secondary N) is 1. The van der Waals surface area contributed by atoms with Gasteiger partial charge in [-0.1, -0.05) is 37.0 Å². The van der Waals surface area contributed by atoms with Gasteiger partial charge >= 0.3 is 6.64 Å². The lowest BCUT2D eigenvalue weighted by atomic mass is 10.3. The van der Waals surface area contributed by atoms with Crippen LogP contribution in [-0.4, -0.2) is 19.2 Å². The summed E-state index contributed by atoms with van der Waals surface area (Å²) < 4.78 is 10.9. The van der Waals surface area contributed by atoms with Crippen molar-refractivity contribution in [3.8, 4) is 5.75 Å². The van der Waals surface area contributed by atoms with E-state index in [2.05, 4.69) is 5.09 Å². The molecule has 0 radical (unpaired) electrons. The van der Waals surface area contributed by atoms with E-state index < -0.39 is 6.64 Å². The van der Waals surface area contributed by atoms with Crippen LogP contribution in [0.5, 0.6) is 5.75 Å². The molecule has 1 atom stereocenters. The van der Waals surface area contributed by atoms with Crippen LogP contribution in [0.3, 0.4) is 0 Å². The quantitative estimate of drug-likeness (QED) is 0.739. The Hall–Kier alpha value is 0.130. The second-order valence-corrected chi connectivity index (χ2v) is 8.96. The van der Waals surface area contributed by atoms with Gasteiger partial charge < -0.3 is 14.8 Å². The van der Waals surface area contributed by atoms with E-state index in [-0.39, 0.29) is 6.04 Å². The highest BCUT2D eigenvalue weighted by Gasteiger charge is 2.21. The van der Waals surface area contributed by atoms with Crippen molar-refractivity contribution >= 4 is 41.7 Å². The Balaban J connectivity index is 0.000000885. The first-order valence-corrected chi connectivity index (χ1v) is 9.83. The molecule has 21 heavy (non-hydrogen) atoms. The Morgan fingerprint density at radius 2 is 1.76 bits per heavy atom. The summed E-state index contributed by atoms with van der Waals surface area (Å²) in [7, 11) is 1.51. The molecule has 0 saturated heterocycles. The predicted octanol–water partition coefficient (Wildman–Crippen LogP) is 4.59. The van der Waals surface area contributed by atoms with E-state index in [1.54, 1.807) is 18.2 Å². The number of nitrogens with two attached hydrogens (primary N) is 1. The molecule has 0 aliphatic carbocycles. The van der Waals surface area contributed by atoms with Crippen LogP contribution in [0.4, 0.5) is 0 Å². The van der Waals surface area contributed by atoms with E-state index in [4.69, 9.17) is 49.8 Å². The van der Waals surface area contributed by atoms with Gasteiger partial charge in [0.05, 0.1) is 5.02 Å². The van der Waals surface area contributed by atoms with E-state index >= 15 is 0 Å². The highest BCUT2D eigenvalue weighted by Crippen LogP contribution is 2.46. The summed E-state index contributed by atoms with van der Waals surface area (Å²) in [6, 6.07) is 5.45. The zero-order valence-electron chi connectivity index (χ0n) is 12.9. The predicted molar refractivity (Wildman–Crippen MR) is 96.0 cm³/mol. The molecular formula is C13H23Cl2N2O2PS. The minimum atomic E-state index is -2.56. The first-order chi connectivity index (χ1) is 9.59. The standard InChI is InChI=1S/C10H14Cl2NO2PS.C3H9N/c1-7(2)13-16(17,14-3)15-10-5-4-8(11)6-9(10)12;1-3(2)4/h4-7H,1-3H3,(H,13,17);3H,4H2,1-2H3. The van der Waals surface area contributed by atoms with Crippen LogP contribution in [0.15, 0.2) is 18.2 Å². The smallest absolute Gasteiger partial charge is 0.312 e. The van der Waals surface area contributed by atoms with Gasteiger partial charge in [0.15, 0.2) is 0 Å². The molecule has 1 aromatic carbocycles. The minimum absolute atomic E-state index is 0.159. The van der Waals surface area contributed by atoms with Crippen LogP contribution in [0, 0.1) is 0 Å². The van der Waals surface area contributed by atoms with E-state index in [1.165, 1.54) is 7.11 Å². The van der Waals surface area contributed by atoms with Crippen LogP contribution in [0.25, 0.3) is 0 Å². The Labute approximate surface area is 142 Å². The number of hydrogen-bond acceptors (Lipinski definition) is 4. The van der Waals surface area contributed by atoms with Gasteiger partial charge in [0.1, 0.15) is 5.75 Å². The second kappa shape index (κ2) is 10.0. The molecule has 0 aliphatic heterocycles. The fourth-order valence-corrected chi connectivity index (χ4v) is 3.77. The molecular weight excluding hydrogens is 350 g/mol. The van der Waals surface area contributed by atoms with Crippen LogP contribution in [0.2, 0.25) is 10.0 Å². The molecule has 0 heterocycles. The van der Waals surface area contributed by atoms with Crippen molar-refractivity contribution in [1.82, 2.24) is 5.09 Å². The highest BCUT2D eigenvalue weighted by molar-refractivity contribution is 8.09. The summed E-state index contributed by atoms with van der Waals surface area (Å²) in [5, 5.41) is 4.04. The number of benzene rings is 1. The van der Waals surface area contributed by atoms with Gasteiger partial charge in [-0.15, -0.1) is 0 Å². The third kappa shape index (κ3) is 9.69. The van der Waals surface area contributed by atoms with E-state index in [0.29, 0.717) is 21.8 Å². The van der Waals surface area contributed by atoms with E-state index in [0.717, 1.165) is 0 Å². The van der Waals surface area contributed by atoms with Gasteiger partial charge in [-0.3, -0.25) is 0 Å². The first-order valence-electron chi connectivity index (χ1n) is 6.43. The highest BCUT2D eigenvalue weighted by atomic mass is 35.5. The Morgan fingerprint density at radius 1 is 1.24 bits per heavy atom. The average molecular weight is 373 g/mol. The summed E-state index contributed by atoms with van der Waals surface area (Å²) in [5.74, 6) is 0.467. The molecule has 1 unspecified atom stereocenters. The summed E-state index contributed by atoms with van der Waals surface area (Å²) in [6.45, 7) is 5.25.